The average Bonchev–Trinajstić information content (AvgIpc) is 2.38. The Morgan fingerprint density at radius 3 is 2.72 bits per heavy atom. The molecular formula is C14H20N2O2. The van der Waals surface area contributed by atoms with Crippen LogP contribution in [0, 0.1) is 5.92 Å². The highest BCUT2D eigenvalue weighted by molar-refractivity contribution is 5.94. The molecule has 98 valence electrons. The number of phenols is 1. The van der Waals surface area contributed by atoms with E-state index in [0.717, 1.165) is 25.7 Å². The van der Waals surface area contributed by atoms with E-state index < -0.39 is 0 Å². The van der Waals surface area contributed by atoms with Crippen molar-refractivity contribution >= 4 is 5.91 Å². The largest absolute Gasteiger partial charge is 0.508 e. The van der Waals surface area contributed by atoms with Crippen LogP contribution in [0.1, 0.15) is 36.0 Å². The summed E-state index contributed by atoms with van der Waals surface area (Å²) in [5, 5.41) is 12.2. The maximum absolute atomic E-state index is 11.9. The standard InChI is InChI=1S/C14H20N2O2/c15-12-6-4-10(5-7-12)9-16-14(18)11-2-1-3-13(17)8-11/h1-3,8,10,12,17H,4-7,9,15H2,(H,16,18). The minimum absolute atomic E-state index is 0.117. The molecule has 0 aliphatic heterocycles. The van der Waals surface area contributed by atoms with Crippen LogP contribution < -0.4 is 11.1 Å². The maximum atomic E-state index is 11.9. The molecule has 0 aromatic heterocycles. The van der Waals surface area contributed by atoms with Gasteiger partial charge in [-0.25, -0.2) is 0 Å². The molecule has 1 saturated carbocycles. The van der Waals surface area contributed by atoms with Gasteiger partial charge in [0.25, 0.3) is 5.91 Å². The molecule has 0 spiro atoms. The van der Waals surface area contributed by atoms with Gasteiger partial charge in [-0.15, -0.1) is 0 Å². The topological polar surface area (TPSA) is 75.3 Å². The molecule has 0 saturated heterocycles. The molecule has 1 aromatic rings. The van der Waals surface area contributed by atoms with Gasteiger partial charge >= 0.3 is 0 Å². The lowest BCUT2D eigenvalue weighted by atomic mass is 9.86. The first-order valence-electron chi connectivity index (χ1n) is 6.48. The van der Waals surface area contributed by atoms with E-state index in [9.17, 15) is 9.90 Å². The number of carbonyl (C=O) groups is 1. The second kappa shape index (κ2) is 5.87. The highest BCUT2D eigenvalue weighted by Gasteiger charge is 2.19. The van der Waals surface area contributed by atoms with Crippen molar-refractivity contribution in [3.63, 3.8) is 0 Å². The zero-order valence-corrected chi connectivity index (χ0v) is 10.4. The second-order valence-corrected chi connectivity index (χ2v) is 5.04. The predicted octanol–water partition coefficient (Wildman–Crippen LogP) is 1.64. The van der Waals surface area contributed by atoms with Gasteiger partial charge in [0.2, 0.25) is 0 Å². The lowest BCUT2D eigenvalue weighted by molar-refractivity contribution is 0.0942. The molecule has 1 fully saturated rings. The van der Waals surface area contributed by atoms with Crippen molar-refractivity contribution in [2.24, 2.45) is 11.7 Å². The third-order valence-corrected chi connectivity index (χ3v) is 3.55. The average molecular weight is 248 g/mol. The van der Waals surface area contributed by atoms with Crippen molar-refractivity contribution in [1.29, 1.82) is 0 Å². The van der Waals surface area contributed by atoms with E-state index in [4.69, 9.17) is 5.73 Å². The third kappa shape index (κ3) is 3.47. The normalized spacial score (nSPS) is 23.6. The monoisotopic (exact) mass is 248 g/mol. The number of hydrogen-bond donors (Lipinski definition) is 3. The van der Waals surface area contributed by atoms with Crippen molar-refractivity contribution in [3.05, 3.63) is 29.8 Å². The number of rotatable bonds is 3. The molecule has 4 N–H and O–H groups in total. The fourth-order valence-corrected chi connectivity index (χ4v) is 2.38. The first kappa shape index (κ1) is 12.9. The lowest BCUT2D eigenvalue weighted by Gasteiger charge is -2.26. The number of nitrogens with two attached hydrogens (primary N) is 1. The van der Waals surface area contributed by atoms with E-state index in [1.807, 2.05) is 0 Å². The Bertz CT molecular complexity index is 412. The molecule has 4 heteroatoms. The number of benzene rings is 1. The van der Waals surface area contributed by atoms with Gasteiger partial charge in [-0.2, -0.15) is 0 Å². The summed E-state index contributed by atoms with van der Waals surface area (Å²) >= 11 is 0. The van der Waals surface area contributed by atoms with Crippen LogP contribution in [0.3, 0.4) is 0 Å². The van der Waals surface area contributed by atoms with Crippen LogP contribution in [-0.4, -0.2) is 23.6 Å². The number of amides is 1. The fraction of sp³-hybridized carbons (Fsp3) is 0.500. The van der Waals surface area contributed by atoms with Crippen molar-refractivity contribution < 1.29 is 9.90 Å². The summed E-state index contributed by atoms with van der Waals surface area (Å²) in [5.41, 5.74) is 6.35. The zero-order valence-electron chi connectivity index (χ0n) is 10.4. The first-order chi connectivity index (χ1) is 8.65. The Kier molecular flexibility index (Phi) is 4.20. The maximum Gasteiger partial charge on any atom is 0.251 e. The van der Waals surface area contributed by atoms with Crippen LogP contribution in [0.2, 0.25) is 0 Å². The Morgan fingerprint density at radius 1 is 1.33 bits per heavy atom. The summed E-state index contributed by atoms with van der Waals surface area (Å²) < 4.78 is 0. The fourth-order valence-electron chi connectivity index (χ4n) is 2.38. The van der Waals surface area contributed by atoms with Crippen molar-refractivity contribution in [1.82, 2.24) is 5.32 Å². The zero-order chi connectivity index (χ0) is 13.0. The van der Waals surface area contributed by atoms with Gasteiger partial charge in [0.05, 0.1) is 0 Å². The van der Waals surface area contributed by atoms with E-state index in [-0.39, 0.29) is 11.7 Å². The second-order valence-electron chi connectivity index (χ2n) is 5.04. The van der Waals surface area contributed by atoms with E-state index in [0.29, 0.717) is 24.1 Å². The number of carbonyl (C=O) groups excluding carboxylic acids is 1. The lowest BCUT2D eigenvalue weighted by Crippen LogP contribution is -2.34. The molecule has 1 amide bonds. The molecule has 0 heterocycles. The van der Waals surface area contributed by atoms with Crippen LogP contribution in [0.5, 0.6) is 5.75 Å². The molecule has 0 atom stereocenters. The Labute approximate surface area is 107 Å². The molecule has 4 nitrogen and oxygen atoms in total. The summed E-state index contributed by atoms with van der Waals surface area (Å²) in [6.45, 7) is 0.696. The molecule has 1 aliphatic rings. The summed E-state index contributed by atoms with van der Waals surface area (Å²) in [6, 6.07) is 6.74. The molecule has 18 heavy (non-hydrogen) atoms. The van der Waals surface area contributed by atoms with E-state index in [1.165, 1.54) is 6.07 Å². The van der Waals surface area contributed by atoms with Crippen molar-refractivity contribution in [2.45, 2.75) is 31.7 Å². The number of hydrogen-bond acceptors (Lipinski definition) is 3. The van der Waals surface area contributed by atoms with Crippen LogP contribution in [0.4, 0.5) is 0 Å². The van der Waals surface area contributed by atoms with Gasteiger partial charge in [0, 0.05) is 18.2 Å². The Morgan fingerprint density at radius 2 is 2.06 bits per heavy atom. The van der Waals surface area contributed by atoms with Crippen LogP contribution >= 0.6 is 0 Å². The van der Waals surface area contributed by atoms with Gasteiger partial charge in [-0.05, 0) is 49.8 Å². The van der Waals surface area contributed by atoms with E-state index in [2.05, 4.69) is 5.32 Å². The van der Waals surface area contributed by atoms with Gasteiger partial charge in [0.15, 0.2) is 0 Å². The summed E-state index contributed by atoms with van der Waals surface area (Å²) in [5.74, 6) is 0.526. The van der Waals surface area contributed by atoms with Gasteiger partial charge < -0.3 is 16.2 Å². The Hall–Kier alpha value is -1.55. The molecule has 1 aromatic carbocycles. The van der Waals surface area contributed by atoms with Crippen molar-refractivity contribution in [3.8, 4) is 5.75 Å². The molecule has 1 aliphatic carbocycles. The molecule has 0 bridgehead atoms. The first-order valence-corrected chi connectivity index (χ1v) is 6.48. The van der Waals surface area contributed by atoms with Crippen LogP contribution in [0.15, 0.2) is 24.3 Å². The summed E-state index contributed by atoms with van der Waals surface area (Å²) in [7, 11) is 0. The van der Waals surface area contributed by atoms with Gasteiger partial charge in [-0.1, -0.05) is 6.07 Å². The van der Waals surface area contributed by atoms with Gasteiger partial charge in [-0.3, -0.25) is 4.79 Å². The summed E-state index contributed by atoms with van der Waals surface area (Å²) in [6.07, 6.45) is 4.27. The smallest absolute Gasteiger partial charge is 0.251 e. The minimum Gasteiger partial charge on any atom is -0.508 e. The van der Waals surface area contributed by atoms with E-state index >= 15 is 0 Å². The SMILES string of the molecule is NC1CCC(CNC(=O)c2cccc(O)c2)CC1. The molecule has 0 radical (unpaired) electrons. The van der Waals surface area contributed by atoms with E-state index in [1.54, 1.807) is 18.2 Å². The molecule has 0 unspecified atom stereocenters. The van der Waals surface area contributed by atoms with Crippen LogP contribution in [-0.2, 0) is 0 Å². The highest BCUT2D eigenvalue weighted by Crippen LogP contribution is 2.22. The minimum atomic E-state index is -0.124. The molecule has 2 rings (SSSR count). The number of nitrogens with one attached hydrogen (secondary N) is 1. The predicted molar refractivity (Wildman–Crippen MR) is 70.4 cm³/mol. The third-order valence-electron chi connectivity index (χ3n) is 3.55. The summed E-state index contributed by atoms with van der Waals surface area (Å²) in [4.78, 5) is 11.9. The number of phenolic OH excluding ortho intramolecular Hbond substituents is 1. The Balaban J connectivity index is 1.81. The molecular weight excluding hydrogens is 228 g/mol. The van der Waals surface area contributed by atoms with Crippen molar-refractivity contribution in [2.75, 3.05) is 6.54 Å². The number of aromatic hydroxyl groups is 1. The van der Waals surface area contributed by atoms with Gasteiger partial charge in [0.1, 0.15) is 5.75 Å². The van der Waals surface area contributed by atoms with Crippen LogP contribution in [0.25, 0.3) is 0 Å². The quantitative estimate of drug-likeness (QED) is 0.761. The highest BCUT2D eigenvalue weighted by atomic mass is 16.3.